The first-order valence-corrected chi connectivity index (χ1v) is 9.06. The maximum Gasteiger partial charge on any atom is 0.318 e. The number of amides is 1. The summed E-state index contributed by atoms with van der Waals surface area (Å²) in [6.07, 6.45) is 1.34. The first kappa shape index (κ1) is 21.7. The van der Waals surface area contributed by atoms with Gasteiger partial charge < -0.3 is 10.1 Å². The van der Waals surface area contributed by atoms with Gasteiger partial charge in [-0.25, -0.2) is 0 Å². The lowest BCUT2D eigenvalue weighted by atomic mass is 10.1. The van der Waals surface area contributed by atoms with Crippen molar-refractivity contribution in [2.75, 3.05) is 5.32 Å². The van der Waals surface area contributed by atoms with E-state index in [1.54, 1.807) is 42.5 Å². The van der Waals surface area contributed by atoms with Crippen LogP contribution in [0.2, 0.25) is 0 Å². The average molecular weight is 430 g/mol. The van der Waals surface area contributed by atoms with E-state index in [0.717, 1.165) is 18.2 Å². The number of carbonyl (C=O) groups is 1. The van der Waals surface area contributed by atoms with E-state index in [1.165, 1.54) is 18.2 Å². The molecule has 0 heterocycles. The van der Waals surface area contributed by atoms with Crippen LogP contribution in [0.1, 0.15) is 5.56 Å². The number of anilines is 1. The molecule has 0 unspecified atom stereocenters. The van der Waals surface area contributed by atoms with E-state index in [0.29, 0.717) is 11.3 Å². The van der Waals surface area contributed by atoms with Crippen molar-refractivity contribution >= 4 is 29.0 Å². The third kappa shape index (κ3) is 5.31. The zero-order chi connectivity index (χ0) is 23.1. The lowest BCUT2D eigenvalue weighted by Gasteiger charge is -2.07. The van der Waals surface area contributed by atoms with Gasteiger partial charge in [-0.2, -0.15) is 5.26 Å². The molecule has 158 valence electrons. The molecule has 0 saturated heterocycles. The molecule has 0 saturated carbocycles. The number of ether oxygens (including phenoxy) is 1. The Morgan fingerprint density at radius 2 is 1.72 bits per heavy atom. The van der Waals surface area contributed by atoms with Gasteiger partial charge in [0, 0.05) is 11.8 Å². The Balaban J connectivity index is 1.85. The lowest BCUT2D eigenvalue weighted by Crippen LogP contribution is -2.13. The number of carbonyl (C=O) groups excluding carboxylic acids is 1. The minimum atomic E-state index is -0.784. The number of hydrogen-bond acceptors (Lipinski definition) is 7. The first-order chi connectivity index (χ1) is 15.4. The van der Waals surface area contributed by atoms with E-state index in [9.17, 15) is 30.3 Å². The highest BCUT2D eigenvalue weighted by atomic mass is 16.6. The summed E-state index contributed by atoms with van der Waals surface area (Å²) >= 11 is 0. The highest BCUT2D eigenvalue weighted by Gasteiger charge is 2.21. The summed E-state index contributed by atoms with van der Waals surface area (Å²) in [5.41, 5.74) is -0.204. The number of nitro benzene ring substituents is 2. The Bertz CT molecular complexity index is 1260. The average Bonchev–Trinajstić information content (AvgIpc) is 2.78. The Morgan fingerprint density at radius 1 is 0.969 bits per heavy atom. The van der Waals surface area contributed by atoms with Crippen LogP contribution in [0.3, 0.4) is 0 Å². The molecule has 1 N–H and O–H groups in total. The van der Waals surface area contributed by atoms with Crippen LogP contribution in [0.25, 0.3) is 6.08 Å². The molecular weight excluding hydrogens is 416 g/mol. The Labute approximate surface area is 181 Å². The minimum Gasteiger partial charge on any atom is -0.450 e. The van der Waals surface area contributed by atoms with Gasteiger partial charge in [0.05, 0.1) is 15.9 Å². The molecule has 0 aliphatic rings. The van der Waals surface area contributed by atoms with Crippen LogP contribution in [0.4, 0.5) is 17.1 Å². The van der Waals surface area contributed by atoms with Gasteiger partial charge in [0.15, 0.2) is 0 Å². The number of rotatable bonds is 7. The summed E-state index contributed by atoms with van der Waals surface area (Å²) in [5, 5.41) is 34.1. The van der Waals surface area contributed by atoms with Crippen molar-refractivity contribution in [3.8, 4) is 17.6 Å². The first-order valence-electron chi connectivity index (χ1n) is 9.06. The number of nitro groups is 2. The van der Waals surface area contributed by atoms with E-state index >= 15 is 0 Å². The second kappa shape index (κ2) is 9.64. The van der Waals surface area contributed by atoms with Gasteiger partial charge in [-0.1, -0.05) is 30.3 Å². The number of hydrogen-bond donors (Lipinski definition) is 1. The van der Waals surface area contributed by atoms with Gasteiger partial charge in [0.2, 0.25) is 5.75 Å². The molecule has 3 rings (SSSR count). The molecule has 0 fully saturated rings. The van der Waals surface area contributed by atoms with Crippen LogP contribution in [0.15, 0.2) is 78.4 Å². The summed E-state index contributed by atoms with van der Waals surface area (Å²) in [7, 11) is 0. The fraction of sp³-hybridized carbons (Fsp3) is 0. The van der Waals surface area contributed by atoms with Crippen LogP contribution < -0.4 is 10.1 Å². The molecule has 0 radical (unpaired) electrons. The van der Waals surface area contributed by atoms with Crippen molar-refractivity contribution in [3.05, 3.63) is 104 Å². The fourth-order valence-electron chi connectivity index (χ4n) is 2.68. The second-order valence-corrected chi connectivity index (χ2v) is 6.33. The zero-order valence-corrected chi connectivity index (χ0v) is 16.3. The van der Waals surface area contributed by atoms with Gasteiger partial charge in [-0.05, 0) is 42.0 Å². The molecule has 32 heavy (non-hydrogen) atoms. The minimum absolute atomic E-state index is 0.160. The third-order valence-corrected chi connectivity index (χ3v) is 4.14. The van der Waals surface area contributed by atoms with E-state index < -0.39 is 27.1 Å². The predicted octanol–water partition coefficient (Wildman–Crippen LogP) is 4.84. The van der Waals surface area contributed by atoms with Crippen molar-refractivity contribution in [2.45, 2.75) is 0 Å². The number of para-hydroxylation sites is 1. The normalized spacial score (nSPS) is 10.7. The van der Waals surface area contributed by atoms with Crippen LogP contribution in [-0.2, 0) is 4.79 Å². The van der Waals surface area contributed by atoms with E-state index in [4.69, 9.17) is 4.74 Å². The number of nitrogens with one attached hydrogen (secondary N) is 1. The summed E-state index contributed by atoms with van der Waals surface area (Å²) in [5.74, 6) is -0.614. The second-order valence-electron chi connectivity index (χ2n) is 6.33. The van der Waals surface area contributed by atoms with Crippen molar-refractivity contribution in [2.24, 2.45) is 0 Å². The van der Waals surface area contributed by atoms with Crippen molar-refractivity contribution in [1.82, 2.24) is 0 Å². The Morgan fingerprint density at radius 3 is 2.38 bits per heavy atom. The summed E-state index contributed by atoms with van der Waals surface area (Å²) in [6.45, 7) is 0. The number of benzene rings is 3. The van der Waals surface area contributed by atoms with Gasteiger partial charge in [0.25, 0.3) is 11.6 Å². The summed E-state index contributed by atoms with van der Waals surface area (Å²) < 4.78 is 5.54. The molecule has 3 aromatic carbocycles. The standard InChI is InChI=1S/C22H14N4O6/c23-14-16(22(27)24-17-6-2-1-3-7-17)11-15-5-4-8-19(12-15)32-21-10-9-18(25(28)29)13-20(21)26(30)31/h1-13H,(H,24,27)/b16-11-. The number of non-ortho nitro benzene ring substituents is 1. The Hall–Kier alpha value is -5.04. The van der Waals surface area contributed by atoms with Gasteiger partial charge in [-0.3, -0.25) is 25.0 Å². The quantitative estimate of drug-likeness (QED) is 0.244. The molecule has 0 aliphatic carbocycles. The van der Waals surface area contributed by atoms with Gasteiger partial charge >= 0.3 is 5.69 Å². The van der Waals surface area contributed by atoms with Crippen LogP contribution in [0.5, 0.6) is 11.5 Å². The smallest absolute Gasteiger partial charge is 0.318 e. The molecular formula is C22H14N4O6. The molecule has 0 aliphatic heterocycles. The predicted molar refractivity (Wildman–Crippen MR) is 115 cm³/mol. The SMILES string of the molecule is N#C/C(=C/c1cccc(Oc2ccc([N+](=O)[O-])cc2[N+](=O)[O-])c1)C(=O)Nc1ccccc1. The zero-order valence-electron chi connectivity index (χ0n) is 16.3. The molecule has 0 atom stereocenters. The van der Waals surface area contributed by atoms with Crippen LogP contribution >= 0.6 is 0 Å². The molecule has 10 nitrogen and oxygen atoms in total. The molecule has 3 aromatic rings. The highest BCUT2D eigenvalue weighted by Crippen LogP contribution is 2.34. The number of nitrogens with zero attached hydrogens (tertiary/aromatic N) is 3. The van der Waals surface area contributed by atoms with Crippen molar-refractivity contribution in [1.29, 1.82) is 5.26 Å². The molecule has 0 spiro atoms. The van der Waals surface area contributed by atoms with Crippen LogP contribution in [-0.4, -0.2) is 15.8 Å². The number of nitriles is 1. The Kier molecular flexibility index (Phi) is 6.53. The van der Waals surface area contributed by atoms with E-state index in [2.05, 4.69) is 5.32 Å². The van der Waals surface area contributed by atoms with Crippen LogP contribution in [0, 0.1) is 31.6 Å². The maximum atomic E-state index is 12.4. The van der Waals surface area contributed by atoms with Gasteiger partial charge in [-0.15, -0.1) is 0 Å². The fourth-order valence-corrected chi connectivity index (χ4v) is 2.68. The summed E-state index contributed by atoms with van der Waals surface area (Å²) in [6, 6.07) is 19.7. The monoisotopic (exact) mass is 430 g/mol. The largest absolute Gasteiger partial charge is 0.450 e. The topological polar surface area (TPSA) is 148 Å². The molecule has 1 amide bonds. The molecule has 0 bridgehead atoms. The van der Waals surface area contributed by atoms with Crippen molar-refractivity contribution in [3.63, 3.8) is 0 Å². The van der Waals surface area contributed by atoms with E-state index in [1.807, 2.05) is 6.07 Å². The van der Waals surface area contributed by atoms with Gasteiger partial charge in [0.1, 0.15) is 17.4 Å². The molecule has 0 aromatic heterocycles. The lowest BCUT2D eigenvalue weighted by molar-refractivity contribution is -0.394. The third-order valence-electron chi connectivity index (χ3n) is 4.14. The van der Waals surface area contributed by atoms with Crippen molar-refractivity contribution < 1.29 is 19.4 Å². The maximum absolute atomic E-state index is 12.4. The summed E-state index contributed by atoms with van der Waals surface area (Å²) in [4.78, 5) is 33.0. The highest BCUT2D eigenvalue weighted by molar-refractivity contribution is 6.09. The molecule has 10 heteroatoms. The van der Waals surface area contributed by atoms with E-state index in [-0.39, 0.29) is 17.1 Å².